The lowest BCUT2D eigenvalue weighted by atomic mass is 10.2. The predicted octanol–water partition coefficient (Wildman–Crippen LogP) is 3.01. The molecule has 0 aliphatic carbocycles. The Bertz CT molecular complexity index is 1190. The first-order valence-corrected chi connectivity index (χ1v) is 10.3. The standard InChI is InChI=1S/C22H24N8O/c1-29-12-4-5-16(29)14-31-17-10-8-15(9-11-17)25-22-27-21(23)30(28-22)20-13-24-18-6-2-3-7-19(18)26-20/h2-3,6-11,13,16H,4-5,12,14H2,1H3,(H3,23,25,27,28). The highest BCUT2D eigenvalue weighted by Crippen LogP contribution is 2.22. The van der Waals surface area contributed by atoms with Gasteiger partial charge in [-0.15, -0.1) is 5.10 Å². The Morgan fingerprint density at radius 3 is 2.68 bits per heavy atom. The van der Waals surface area contributed by atoms with E-state index in [4.69, 9.17) is 10.5 Å². The van der Waals surface area contributed by atoms with Crippen LogP contribution in [-0.2, 0) is 0 Å². The second-order valence-electron chi connectivity index (χ2n) is 7.66. The summed E-state index contributed by atoms with van der Waals surface area (Å²) in [6, 6.07) is 15.9. The van der Waals surface area contributed by atoms with Crippen molar-refractivity contribution in [2.45, 2.75) is 18.9 Å². The van der Waals surface area contributed by atoms with Crippen LogP contribution in [0.1, 0.15) is 12.8 Å². The number of nitrogen functional groups attached to an aromatic ring is 1. The maximum absolute atomic E-state index is 6.06. The van der Waals surface area contributed by atoms with Crippen LogP contribution in [0.2, 0.25) is 0 Å². The van der Waals surface area contributed by atoms with Crippen LogP contribution in [0.5, 0.6) is 5.75 Å². The van der Waals surface area contributed by atoms with E-state index in [1.165, 1.54) is 17.5 Å². The SMILES string of the molecule is CN1CCCC1COc1ccc(Nc2nc(N)n(-c3cnc4ccccc4n3)n2)cc1. The highest BCUT2D eigenvalue weighted by molar-refractivity contribution is 5.74. The van der Waals surface area contributed by atoms with Crippen LogP contribution in [0.25, 0.3) is 16.9 Å². The van der Waals surface area contributed by atoms with E-state index in [9.17, 15) is 0 Å². The number of rotatable bonds is 6. The van der Waals surface area contributed by atoms with Gasteiger partial charge in [0.2, 0.25) is 11.9 Å². The molecule has 0 spiro atoms. The van der Waals surface area contributed by atoms with Crippen LogP contribution in [0.15, 0.2) is 54.7 Å². The number of anilines is 3. The van der Waals surface area contributed by atoms with Gasteiger partial charge >= 0.3 is 0 Å². The van der Waals surface area contributed by atoms with Gasteiger partial charge < -0.3 is 20.7 Å². The molecule has 9 heteroatoms. The molecule has 3 heterocycles. The van der Waals surface area contributed by atoms with Crippen molar-refractivity contribution < 1.29 is 4.74 Å². The third kappa shape index (κ3) is 4.13. The summed E-state index contributed by atoms with van der Waals surface area (Å²) in [6.45, 7) is 1.85. The highest BCUT2D eigenvalue weighted by atomic mass is 16.5. The first-order chi connectivity index (χ1) is 15.2. The molecule has 0 radical (unpaired) electrons. The van der Waals surface area contributed by atoms with Crippen molar-refractivity contribution in [2.75, 3.05) is 31.2 Å². The van der Waals surface area contributed by atoms with Gasteiger partial charge in [0.25, 0.3) is 0 Å². The minimum Gasteiger partial charge on any atom is -0.492 e. The van der Waals surface area contributed by atoms with Gasteiger partial charge in [0.15, 0.2) is 5.82 Å². The van der Waals surface area contributed by atoms with E-state index in [0.717, 1.165) is 29.0 Å². The molecule has 3 N–H and O–H groups in total. The molecule has 1 aliphatic heterocycles. The number of fused-ring (bicyclic) bond motifs is 1. The fourth-order valence-electron chi connectivity index (χ4n) is 3.74. The normalized spacial score (nSPS) is 16.6. The van der Waals surface area contributed by atoms with E-state index in [0.29, 0.717) is 24.4 Å². The van der Waals surface area contributed by atoms with Gasteiger partial charge in [0, 0.05) is 11.7 Å². The first kappa shape index (κ1) is 19.3. The summed E-state index contributed by atoms with van der Waals surface area (Å²) in [7, 11) is 2.15. The molecule has 31 heavy (non-hydrogen) atoms. The summed E-state index contributed by atoms with van der Waals surface area (Å²) in [5, 5.41) is 7.60. The largest absolute Gasteiger partial charge is 0.492 e. The summed E-state index contributed by atoms with van der Waals surface area (Å²) in [5.74, 6) is 1.97. The van der Waals surface area contributed by atoms with Crippen LogP contribution >= 0.6 is 0 Å². The Kier molecular flexibility index (Phi) is 5.09. The highest BCUT2D eigenvalue weighted by Gasteiger charge is 2.21. The number of para-hydroxylation sites is 2. The number of ether oxygens (including phenoxy) is 1. The number of aromatic nitrogens is 5. The fourth-order valence-corrected chi connectivity index (χ4v) is 3.74. The van der Waals surface area contributed by atoms with E-state index in [1.807, 2.05) is 48.5 Å². The number of nitrogens with two attached hydrogens (primary N) is 1. The Morgan fingerprint density at radius 1 is 1.10 bits per heavy atom. The van der Waals surface area contributed by atoms with Crippen molar-refractivity contribution in [3.05, 3.63) is 54.7 Å². The molecule has 1 fully saturated rings. The average Bonchev–Trinajstić information content (AvgIpc) is 3.37. The zero-order valence-electron chi connectivity index (χ0n) is 17.3. The van der Waals surface area contributed by atoms with Gasteiger partial charge in [-0.2, -0.15) is 9.67 Å². The molecule has 2 aromatic carbocycles. The lowest BCUT2D eigenvalue weighted by Gasteiger charge is -2.19. The van der Waals surface area contributed by atoms with E-state index in [1.54, 1.807) is 6.20 Å². The van der Waals surface area contributed by atoms with Crippen molar-refractivity contribution in [3.63, 3.8) is 0 Å². The Labute approximate surface area is 179 Å². The van der Waals surface area contributed by atoms with Crippen LogP contribution in [0, 0.1) is 0 Å². The molecule has 158 valence electrons. The van der Waals surface area contributed by atoms with Crippen LogP contribution in [0.4, 0.5) is 17.6 Å². The molecule has 1 aliphatic rings. The van der Waals surface area contributed by atoms with Gasteiger partial charge in [-0.1, -0.05) is 12.1 Å². The summed E-state index contributed by atoms with van der Waals surface area (Å²) in [6.07, 6.45) is 4.06. The number of likely N-dealkylation sites (N-methyl/N-ethyl adjacent to an activating group) is 1. The molecule has 0 amide bonds. The molecule has 0 bridgehead atoms. The van der Waals surface area contributed by atoms with Crippen LogP contribution in [-0.4, -0.2) is 55.9 Å². The predicted molar refractivity (Wildman–Crippen MR) is 120 cm³/mol. The second-order valence-corrected chi connectivity index (χ2v) is 7.66. The summed E-state index contributed by atoms with van der Waals surface area (Å²) in [5.41, 5.74) is 8.48. The lowest BCUT2D eigenvalue weighted by molar-refractivity contribution is 0.198. The summed E-state index contributed by atoms with van der Waals surface area (Å²) in [4.78, 5) is 15.6. The molecule has 1 unspecified atom stereocenters. The fraction of sp³-hybridized carbons (Fsp3) is 0.273. The van der Waals surface area contributed by atoms with E-state index >= 15 is 0 Å². The van der Waals surface area contributed by atoms with Gasteiger partial charge in [-0.05, 0) is 62.8 Å². The molecule has 1 atom stereocenters. The minimum absolute atomic E-state index is 0.229. The lowest BCUT2D eigenvalue weighted by Crippen LogP contribution is -2.30. The number of likely N-dealkylation sites (tertiary alicyclic amines) is 1. The molecular formula is C22H24N8O. The molecule has 0 saturated carbocycles. The number of benzene rings is 2. The van der Waals surface area contributed by atoms with Gasteiger partial charge in [-0.25, -0.2) is 4.98 Å². The molecule has 1 saturated heterocycles. The summed E-state index contributed by atoms with van der Waals surface area (Å²) >= 11 is 0. The topological polar surface area (TPSA) is 107 Å². The van der Waals surface area contributed by atoms with Crippen molar-refractivity contribution in [3.8, 4) is 11.6 Å². The zero-order valence-corrected chi connectivity index (χ0v) is 17.3. The second kappa shape index (κ2) is 8.19. The molecular weight excluding hydrogens is 392 g/mol. The zero-order chi connectivity index (χ0) is 21.2. The third-order valence-electron chi connectivity index (χ3n) is 5.51. The van der Waals surface area contributed by atoms with Gasteiger partial charge in [0.05, 0.1) is 17.2 Å². The first-order valence-electron chi connectivity index (χ1n) is 10.3. The molecule has 4 aromatic rings. The van der Waals surface area contributed by atoms with Crippen LogP contribution in [0.3, 0.4) is 0 Å². The number of nitrogens with one attached hydrogen (secondary N) is 1. The molecule has 5 rings (SSSR count). The molecule has 2 aromatic heterocycles. The molecule has 9 nitrogen and oxygen atoms in total. The Morgan fingerprint density at radius 2 is 1.90 bits per heavy atom. The third-order valence-corrected chi connectivity index (χ3v) is 5.51. The van der Waals surface area contributed by atoms with Gasteiger partial charge in [-0.3, -0.25) is 4.98 Å². The van der Waals surface area contributed by atoms with Crippen molar-refractivity contribution >= 4 is 28.6 Å². The number of hydrogen-bond acceptors (Lipinski definition) is 8. The van der Waals surface area contributed by atoms with E-state index < -0.39 is 0 Å². The maximum Gasteiger partial charge on any atom is 0.248 e. The van der Waals surface area contributed by atoms with Crippen molar-refractivity contribution in [1.82, 2.24) is 29.6 Å². The van der Waals surface area contributed by atoms with Crippen molar-refractivity contribution in [2.24, 2.45) is 0 Å². The Hall–Kier alpha value is -3.72. The van der Waals surface area contributed by atoms with E-state index in [-0.39, 0.29) is 5.95 Å². The Balaban J connectivity index is 1.27. The maximum atomic E-state index is 6.06. The van der Waals surface area contributed by atoms with E-state index in [2.05, 4.69) is 37.3 Å². The monoisotopic (exact) mass is 416 g/mol. The minimum atomic E-state index is 0.229. The smallest absolute Gasteiger partial charge is 0.248 e. The number of nitrogens with zero attached hydrogens (tertiary/aromatic N) is 6. The number of hydrogen-bond donors (Lipinski definition) is 2. The average molecular weight is 416 g/mol. The quantitative estimate of drug-likeness (QED) is 0.494. The van der Waals surface area contributed by atoms with Gasteiger partial charge in [0.1, 0.15) is 12.4 Å². The summed E-state index contributed by atoms with van der Waals surface area (Å²) < 4.78 is 7.41. The van der Waals surface area contributed by atoms with Crippen molar-refractivity contribution in [1.29, 1.82) is 0 Å². The van der Waals surface area contributed by atoms with Crippen LogP contribution < -0.4 is 15.8 Å².